The minimum Gasteiger partial charge on any atom is -0.373 e. The van der Waals surface area contributed by atoms with E-state index in [0.29, 0.717) is 32.5 Å². The molecule has 0 saturated heterocycles. The standard InChI is InChI=1S/C17H26O4/c1-3-18-17(19-4-2)13-21-16-10-15(11-16)20-12-14-8-6-5-7-9-14/h5-9,15-17H,3-4,10-13H2,1-2H3. The molecule has 4 heteroatoms. The van der Waals surface area contributed by atoms with Crippen LogP contribution in [0.4, 0.5) is 0 Å². The summed E-state index contributed by atoms with van der Waals surface area (Å²) in [6, 6.07) is 10.3. The van der Waals surface area contributed by atoms with E-state index >= 15 is 0 Å². The molecule has 4 nitrogen and oxygen atoms in total. The van der Waals surface area contributed by atoms with E-state index in [2.05, 4.69) is 12.1 Å². The first-order chi connectivity index (χ1) is 10.3. The van der Waals surface area contributed by atoms with Gasteiger partial charge in [-0.05, 0) is 32.3 Å². The molecule has 1 aromatic rings. The van der Waals surface area contributed by atoms with Crippen molar-refractivity contribution < 1.29 is 18.9 Å². The monoisotopic (exact) mass is 294 g/mol. The minimum atomic E-state index is -0.246. The third kappa shape index (κ3) is 5.75. The van der Waals surface area contributed by atoms with Gasteiger partial charge in [-0.3, -0.25) is 0 Å². The lowest BCUT2D eigenvalue weighted by molar-refractivity contribution is -0.194. The second-order valence-corrected chi connectivity index (χ2v) is 5.19. The van der Waals surface area contributed by atoms with Gasteiger partial charge < -0.3 is 18.9 Å². The van der Waals surface area contributed by atoms with Crippen LogP contribution in [0.1, 0.15) is 32.3 Å². The molecule has 0 heterocycles. The molecule has 0 atom stereocenters. The Labute approximate surface area is 127 Å². The predicted octanol–water partition coefficient (Wildman–Crippen LogP) is 3.15. The molecule has 21 heavy (non-hydrogen) atoms. The van der Waals surface area contributed by atoms with Gasteiger partial charge in [-0.2, -0.15) is 0 Å². The molecule has 0 spiro atoms. The van der Waals surface area contributed by atoms with E-state index in [1.165, 1.54) is 5.56 Å². The third-order valence-corrected chi connectivity index (χ3v) is 3.55. The molecule has 1 fully saturated rings. The molecule has 1 aromatic carbocycles. The average molecular weight is 294 g/mol. The van der Waals surface area contributed by atoms with Crippen LogP contribution in [-0.4, -0.2) is 38.3 Å². The number of rotatable bonds is 10. The lowest BCUT2D eigenvalue weighted by atomic mass is 9.92. The summed E-state index contributed by atoms with van der Waals surface area (Å²) < 4.78 is 22.6. The van der Waals surface area contributed by atoms with E-state index in [1.807, 2.05) is 32.0 Å². The zero-order chi connectivity index (χ0) is 14.9. The molecule has 1 aliphatic carbocycles. The van der Waals surface area contributed by atoms with Crippen LogP contribution < -0.4 is 0 Å². The summed E-state index contributed by atoms with van der Waals surface area (Å²) in [5, 5.41) is 0. The summed E-state index contributed by atoms with van der Waals surface area (Å²) in [6.45, 7) is 6.38. The van der Waals surface area contributed by atoms with Crippen molar-refractivity contribution in [3.8, 4) is 0 Å². The van der Waals surface area contributed by atoms with Crippen LogP contribution in [0, 0.1) is 0 Å². The van der Waals surface area contributed by atoms with Crippen LogP contribution in [-0.2, 0) is 25.6 Å². The number of hydrogen-bond donors (Lipinski definition) is 0. The topological polar surface area (TPSA) is 36.9 Å². The summed E-state index contributed by atoms with van der Waals surface area (Å²) in [5.74, 6) is 0. The van der Waals surface area contributed by atoms with Gasteiger partial charge in [0.05, 0.1) is 25.4 Å². The van der Waals surface area contributed by atoms with Crippen LogP contribution in [0.5, 0.6) is 0 Å². The molecule has 0 amide bonds. The predicted molar refractivity (Wildman–Crippen MR) is 81.0 cm³/mol. The lowest BCUT2D eigenvalue weighted by Crippen LogP contribution is -2.39. The van der Waals surface area contributed by atoms with Gasteiger partial charge in [0.2, 0.25) is 0 Å². The molecular formula is C17H26O4. The van der Waals surface area contributed by atoms with Crippen molar-refractivity contribution in [1.82, 2.24) is 0 Å². The Balaban J connectivity index is 1.56. The van der Waals surface area contributed by atoms with Gasteiger partial charge in [0.15, 0.2) is 6.29 Å². The van der Waals surface area contributed by atoms with Gasteiger partial charge in [0.25, 0.3) is 0 Å². The Bertz CT molecular complexity index is 370. The third-order valence-electron chi connectivity index (χ3n) is 3.55. The van der Waals surface area contributed by atoms with Gasteiger partial charge in [0.1, 0.15) is 0 Å². The molecule has 1 saturated carbocycles. The van der Waals surface area contributed by atoms with E-state index in [-0.39, 0.29) is 12.4 Å². The summed E-state index contributed by atoms with van der Waals surface area (Å²) in [6.07, 6.45) is 2.25. The van der Waals surface area contributed by atoms with Gasteiger partial charge in [-0.1, -0.05) is 30.3 Å². The fraction of sp³-hybridized carbons (Fsp3) is 0.647. The molecule has 2 rings (SSSR count). The minimum absolute atomic E-state index is 0.246. The molecule has 1 aliphatic rings. The Morgan fingerprint density at radius 1 is 0.952 bits per heavy atom. The molecule has 118 valence electrons. The van der Waals surface area contributed by atoms with Crippen molar-refractivity contribution in [2.24, 2.45) is 0 Å². The van der Waals surface area contributed by atoms with E-state index in [0.717, 1.165) is 12.8 Å². The Morgan fingerprint density at radius 2 is 1.57 bits per heavy atom. The summed E-state index contributed by atoms with van der Waals surface area (Å²) in [4.78, 5) is 0. The van der Waals surface area contributed by atoms with E-state index < -0.39 is 0 Å². The smallest absolute Gasteiger partial charge is 0.180 e. The van der Waals surface area contributed by atoms with E-state index in [1.54, 1.807) is 0 Å². The quantitative estimate of drug-likeness (QED) is 0.621. The van der Waals surface area contributed by atoms with Crippen molar-refractivity contribution >= 4 is 0 Å². The highest BCUT2D eigenvalue weighted by Gasteiger charge is 2.31. The maximum Gasteiger partial charge on any atom is 0.180 e. The van der Waals surface area contributed by atoms with Crippen LogP contribution in [0.2, 0.25) is 0 Å². The molecule has 0 aliphatic heterocycles. The van der Waals surface area contributed by atoms with Crippen molar-refractivity contribution in [3.05, 3.63) is 35.9 Å². The van der Waals surface area contributed by atoms with Crippen LogP contribution in [0.15, 0.2) is 30.3 Å². The van der Waals surface area contributed by atoms with Crippen LogP contribution in [0.3, 0.4) is 0 Å². The molecule has 0 radical (unpaired) electrons. The van der Waals surface area contributed by atoms with Gasteiger partial charge >= 0.3 is 0 Å². The Morgan fingerprint density at radius 3 is 2.19 bits per heavy atom. The van der Waals surface area contributed by atoms with Gasteiger partial charge in [-0.15, -0.1) is 0 Å². The Hall–Kier alpha value is -0.940. The molecule has 0 aromatic heterocycles. The number of hydrogen-bond acceptors (Lipinski definition) is 4. The summed E-state index contributed by atoms with van der Waals surface area (Å²) >= 11 is 0. The zero-order valence-electron chi connectivity index (χ0n) is 13.0. The van der Waals surface area contributed by atoms with Gasteiger partial charge in [0, 0.05) is 13.2 Å². The molecular weight excluding hydrogens is 268 g/mol. The largest absolute Gasteiger partial charge is 0.373 e. The SMILES string of the molecule is CCOC(COC1CC(OCc2ccccc2)C1)OCC. The maximum absolute atomic E-state index is 5.85. The van der Waals surface area contributed by atoms with Crippen molar-refractivity contribution in [2.75, 3.05) is 19.8 Å². The first kappa shape index (κ1) is 16.4. The highest BCUT2D eigenvalue weighted by Crippen LogP contribution is 2.27. The second-order valence-electron chi connectivity index (χ2n) is 5.19. The molecule has 0 N–H and O–H groups in total. The number of benzene rings is 1. The van der Waals surface area contributed by atoms with Crippen LogP contribution in [0.25, 0.3) is 0 Å². The maximum atomic E-state index is 5.85. The van der Waals surface area contributed by atoms with Crippen molar-refractivity contribution in [3.63, 3.8) is 0 Å². The highest BCUT2D eigenvalue weighted by atomic mass is 16.7. The normalized spacial score (nSPS) is 21.5. The lowest BCUT2D eigenvalue weighted by Gasteiger charge is -2.35. The van der Waals surface area contributed by atoms with E-state index in [9.17, 15) is 0 Å². The van der Waals surface area contributed by atoms with E-state index in [4.69, 9.17) is 18.9 Å². The molecule has 0 bridgehead atoms. The van der Waals surface area contributed by atoms with Crippen molar-refractivity contribution in [2.45, 2.75) is 51.8 Å². The van der Waals surface area contributed by atoms with Crippen molar-refractivity contribution in [1.29, 1.82) is 0 Å². The first-order valence-electron chi connectivity index (χ1n) is 7.82. The fourth-order valence-corrected chi connectivity index (χ4v) is 2.31. The second kappa shape index (κ2) is 9.15. The van der Waals surface area contributed by atoms with Gasteiger partial charge in [-0.25, -0.2) is 0 Å². The first-order valence-corrected chi connectivity index (χ1v) is 7.82. The fourth-order valence-electron chi connectivity index (χ4n) is 2.31. The zero-order valence-corrected chi connectivity index (χ0v) is 13.0. The Kier molecular flexibility index (Phi) is 7.16. The highest BCUT2D eigenvalue weighted by molar-refractivity contribution is 5.13. The summed E-state index contributed by atoms with van der Waals surface area (Å²) in [5.41, 5.74) is 1.22. The molecule has 0 unspecified atom stereocenters. The average Bonchev–Trinajstić information content (AvgIpc) is 2.46. The van der Waals surface area contributed by atoms with Crippen LogP contribution >= 0.6 is 0 Å². The number of ether oxygens (including phenoxy) is 4. The summed E-state index contributed by atoms with van der Waals surface area (Å²) in [7, 11) is 0.